The molecule has 165 valence electrons. The van der Waals surface area contributed by atoms with Gasteiger partial charge in [-0.15, -0.1) is 0 Å². The van der Waals surface area contributed by atoms with Crippen LogP contribution in [0.15, 0.2) is 79.0 Å². The topological polar surface area (TPSA) is 74.6 Å². The van der Waals surface area contributed by atoms with Gasteiger partial charge in [0.2, 0.25) is 0 Å². The quantitative estimate of drug-likeness (QED) is 0.321. The van der Waals surface area contributed by atoms with Crippen LogP contribution in [0.4, 0.5) is 0 Å². The third kappa shape index (κ3) is 7.01. The number of halogens is 1. The number of hydrogen-bond donors (Lipinski definition) is 3. The molecule has 0 fully saturated rings. The Hall–Kier alpha value is -1.96. The first-order chi connectivity index (χ1) is 15.6. The molecule has 7 heteroatoms. The minimum absolute atomic E-state index is 0. The summed E-state index contributed by atoms with van der Waals surface area (Å²) in [5.41, 5.74) is 2.62. The molecular weight excluding hydrogens is 447 g/mol. The first kappa shape index (κ1) is 25.7. The zero-order valence-corrected chi connectivity index (χ0v) is 18.2. The van der Waals surface area contributed by atoms with E-state index in [9.17, 15) is 10.2 Å². The Labute approximate surface area is 220 Å². The van der Waals surface area contributed by atoms with Crippen LogP contribution in [0.25, 0.3) is 10.9 Å². The molecule has 1 heterocycles. The van der Waals surface area contributed by atoms with E-state index in [2.05, 4.69) is 16.4 Å². The maximum atomic E-state index is 10.4. The van der Waals surface area contributed by atoms with Crippen LogP contribution in [0.3, 0.4) is 0 Å². The normalized spacial score (nSPS) is 12.7. The maximum absolute atomic E-state index is 10.4. The number of ether oxygens (including phenoxy) is 1. The van der Waals surface area contributed by atoms with Crippen molar-refractivity contribution in [2.45, 2.75) is 18.6 Å². The Morgan fingerprint density at radius 2 is 1.91 bits per heavy atom. The molecule has 4 aromatic rings. The Kier molecular flexibility index (Phi) is 9.71. The van der Waals surface area contributed by atoms with E-state index in [1.165, 1.54) is 0 Å². The summed E-state index contributed by atoms with van der Waals surface area (Å²) >= 11 is 5.99. The Morgan fingerprint density at radius 3 is 2.67 bits per heavy atom. The molecule has 0 spiro atoms. The molecule has 33 heavy (non-hydrogen) atoms. The molecule has 1 aromatic heterocycles. The number of rotatable bonds is 9. The summed E-state index contributed by atoms with van der Waals surface area (Å²) in [7, 11) is 0. The number of aromatic nitrogens is 1. The van der Waals surface area contributed by atoms with Crippen molar-refractivity contribution in [3.63, 3.8) is 0 Å². The van der Waals surface area contributed by atoms with Gasteiger partial charge in [0.25, 0.3) is 0 Å². The Bertz CT molecular complexity index is 1170. The molecule has 0 aliphatic heterocycles. The van der Waals surface area contributed by atoms with E-state index in [1.54, 1.807) is 24.4 Å². The molecule has 0 amide bonds. The number of aliphatic hydroxyl groups excluding tert-OH is 2. The van der Waals surface area contributed by atoms with Gasteiger partial charge in [0.05, 0.1) is 18.2 Å². The number of hydrogen-bond acceptors (Lipinski definition) is 5. The summed E-state index contributed by atoms with van der Waals surface area (Å²) in [6, 6.07) is 25.2. The van der Waals surface area contributed by atoms with Crippen molar-refractivity contribution < 1.29 is 14.9 Å². The molecule has 3 N–H and O–H groups in total. The predicted molar refractivity (Wildman–Crippen MR) is 133 cm³/mol. The van der Waals surface area contributed by atoms with Crippen LogP contribution in [0, 0.1) is 6.07 Å². The van der Waals surface area contributed by atoms with E-state index in [4.69, 9.17) is 16.3 Å². The number of benzene rings is 3. The van der Waals surface area contributed by atoms with Crippen molar-refractivity contribution in [1.29, 1.82) is 0 Å². The molecule has 0 unspecified atom stereocenters. The van der Waals surface area contributed by atoms with Crippen LogP contribution in [-0.2, 0) is 6.42 Å². The summed E-state index contributed by atoms with van der Waals surface area (Å²) in [5, 5.41) is 24.9. The van der Waals surface area contributed by atoms with Gasteiger partial charge in [-0.3, -0.25) is 4.98 Å². The number of fused-ring (bicyclic) bond motifs is 1. The van der Waals surface area contributed by atoms with E-state index < -0.39 is 6.10 Å². The average molecular weight is 472 g/mol. The molecule has 0 saturated carbocycles. The van der Waals surface area contributed by atoms with Crippen molar-refractivity contribution in [3.05, 3.63) is 101 Å². The van der Waals surface area contributed by atoms with Crippen LogP contribution in [-0.4, -0.2) is 63.9 Å². The van der Waals surface area contributed by atoms with Gasteiger partial charge in [0.15, 0.2) is 0 Å². The van der Waals surface area contributed by atoms with Gasteiger partial charge in [-0.25, -0.2) is 0 Å². The second kappa shape index (κ2) is 12.5. The van der Waals surface area contributed by atoms with Gasteiger partial charge in [-0.1, -0.05) is 41.9 Å². The monoisotopic (exact) mass is 471 g/mol. The summed E-state index contributed by atoms with van der Waals surface area (Å²) < 4.78 is 6.05. The molecule has 0 saturated heterocycles. The third-order valence-electron chi connectivity index (χ3n) is 5.23. The first-order valence-electron chi connectivity index (χ1n) is 10.4. The summed E-state index contributed by atoms with van der Waals surface area (Å²) in [5.74, 6) is 1.46. The van der Waals surface area contributed by atoms with Gasteiger partial charge in [-0.2, -0.15) is 0 Å². The summed E-state index contributed by atoms with van der Waals surface area (Å²) in [6.45, 7) is 0.278. The number of aliphatic hydroxyl groups is 2. The molecule has 1 radical (unpaired) electrons. The van der Waals surface area contributed by atoms with Crippen LogP contribution in [0.2, 0.25) is 5.02 Å². The van der Waals surface area contributed by atoms with E-state index in [1.807, 2.05) is 54.6 Å². The van der Waals surface area contributed by atoms with Crippen LogP contribution in [0.1, 0.15) is 17.2 Å². The second-order valence-corrected chi connectivity index (χ2v) is 8.00. The average Bonchev–Trinajstić information content (AvgIpc) is 2.83. The molecule has 0 bridgehead atoms. The fourth-order valence-corrected chi connectivity index (χ4v) is 3.72. The van der Waals surface area contributed by atoms with E-state index in [0.29, 0.717) is 18.0 Å². The minimum atomic E-state index is -0.702. The van der Waals surface area contributed by atoms with E-state index in [0.717, 1.165) is 33.5 Å². The van der Waals surface area contributed by atoms with Crippen LogP contribution in [0.5, 0.6) is 11.5 Å². The Morgan fingerprint density at radius 1 is 1.09 bits per heavy atom. The Balaban J connectivity index is 0.00000306. The van der Waals surface area contributed by atoms with Gasteiger partial charge in [0.1, 0.15) is 11.5 Å². The van der Waals surface area contributed by atoms with Crippen LogP contribution < -0.4 is 10.1 Å². The molecule has 5 nitrogen and oxygen atoms in total. The SMILES string of the molecule is OC[C@H](Cc1ccc(Oc2ccnc3c[c]ccc23)cc1)NC[C@@H](O)c1cccc(Cl)c1.[NaH]. The van der Waals surface area contributed by atoms with Crippen molar-refractivity contribution in [1.82, 2.24) is 10.3 Å². The standard InChI is InChI=1S/C26H24ClN2O3.Na.H/c27-20-5-3-4-19(15-20)25(31)16-29-21(17-30)14-18-8-10-22(11-9-18)32-26-12-13-28-24-7-2-1-6-23(24)26;;/h1,3-13,15,21,25,29-31H,14,16-17H2;;/t21-,25+;;/m0../s1. The number of pyridine rings is 1. The van der Waals surface area contributed by atoms with Gasteiger partial charge in [0, 0.05) is 29.2 Å². The summed E-state index contributed by atoms with van der Waals surface area (Å²) in [6.07, 6.45) is 1.63. The van der Waals surface area contributed by atoms with Crippen LogP contribution >= 0.6 is 11.6 Å². The fraction of sp³-hybridized carbons (Fsp3) is 0.192. The van der Waals surface area contributed by atoms with Crippen molar-refractivity contribution in [3.8, 4) is 11.5 Å². The first-order valence-corrected chi connectivity index (χ1v) is 10.8. The zero-order valence-electron chi connectivity index (χ0n) is 17.4. The molecule has 0 aliphatic rings. The third-order valence-corrected chi connectivity index (χ3v) is 5.47. The second-order valence-electron chi connectivity index (χ2n) is 7.56. The number of nitrogens with zero attached hydrogens (tertiary/aromatic N) is 1. The van der Waals surface area contributed by atoms with E-state index in [-0.39, 0.29) is 42.2 Å². The molecular formula is C26H25ClN2NaO3. The van der Waals surface area contributed by atoms with Gasteiger partial charge in [-0.05, 0) is 66.1 Å². The zero-order chi connectivity index (χ0) is 22.3. The number of nitrogens with one attached hydrogen (secondary N) is 1. The predicted octanol–water partition coefficient (Wildman–Crippen LogP) is 4.06. The van der Waals surface area contributed by atoms with Gasteiger partial charge < -0.3 is 20.3 Å². The molecule has 3 aromatic carbocycles. The van der Waals surface area contributed by atoms with E-state index >= 15 is 0 Å². The summed E-state index contributed by atoms with van der Waals surface area (Å²) in [4.78, 5) is 4.33. The molecule has 2 atom stereocenters. The fourth-order valence-electron chi connectivity index (χ4n) is 3.52. The van der Waals surface area contributed by atoms with Gasteiger partial charge >= 0.3 is 29.6 Å². The van der Waals surface area contributed by atoms with Crippen molar-refractivity contribution in [2.75, 3.05) is 13.2 Å². The molecule has 0 aliphatic carbocycles. The van der Waals surface area contributed by atoms with Crippen molar-refractivity contribution >= 4 is 52.1 Å². The molecule has 4 rings (SSSR count). The van der Waals surface area contributed by atoms with Crippen molar-refractivity contribution in [2.24, 2.45) is 0 Å².